The number of halogens is 1. The predicted molar refractivity (Wildman–Crippen MR) is 79.5 cm³/mol. The fraction of sp³-hybridized carbons (Fsp3) is 0.800. The van der Waals surface area contributed by atoms with Crippen LogP contribution in [0.3, 0.4) is 0 Å². The zero-order valence-corrected chi connectivity index (χ0v) is 12.7. The van der Waals surface area contributed by atoms with Crippen molar-refractivity contribution in [2.45, 2.75) is 57.9 Å². The fourth-order valence-corrected chi connectivity index (χ4v) is 5.44. The topological polar surface area (TPSA) is 43.8 Å². The van der Waals surface area contributed by atoms with Gasteiger partial charge >= 0.3 is 0 Å². The first-order chi connectivity index (χ1) is 8.57. The third kappa shape index (κ3) is 1.74. The van der Waals surface area contributed by atoms with Crippen LogP contribution in [0.1, 0.15) is 49.9 Å². The van der Waals surface area contributed by atoms with Crippen molar-refractivity contribution < 1.29 is 0 Å². The molecule has 106 valence electrons. The third-order valence-electron chi connectivity index (χ3n) is 5.80. The predicted octanol–water partition coefficient (Wildman–Crippen LogP) is 3.43. The normalized spacial score (nSPS) is 39.4. The summed E-state index contributed by atoms with van der Waals surface area (Å²) in [7, 11) is 0. The highest BCUT2D eigenvalue weighted by molar-refractivity contribution is 5.85. The third-order valence-corrected chi connectivity index (χ3v) is 5.80. The number of aromatic nitrogens is 2. The van der Waals surface area contributed by atoms with Gasteiger partial charge in [-0.3, -0.25) is 4.68 Å². The molecule has 3 nitrogen and oxygen atoms in total. The fourth-order valence-electron chi connectivity index (χ4n) is 5.44. The molecule has 19 heavy (non-hydrogen) atoms. The van der Waals surface area contributed by atoms with Crippen molar-refractivity contribution in [3.63, 3.8) is 0 Å². The minimum atomic E-state index is 0. The maximum Gasteiger partial charge on any atom is 0.0826 e. The lowest BCUT2D eigenvalue weighted by Gasteiger charge is -2.56. The summed E-state index contributed by atoms with van der Waals surface area (Å²) in [5, 5.41) is 4.79. The molecule has 0 spiro atoms. The van der Waals surface area contributed by atoms with Gasteiger partial charge in [-0.2, -0.15) is 5.10 Å². The molecule has 0 atom stereocenters. The maximum atomic E-state index is 6.14. The van der Waals surface area contributed by atoms with Gasteiger partial charge < -0.3 is 5.73 Å². The molecule has 1 aromatic rings. The molecule has 5 rings (SSSR count). The highest BCUT2D eigenvalue weighted by Gasteiger charge is 2.52. The summed E-state index contributed by atoms with van der Waals surface area (Å²) in [4.78, 5) is 0. The van der Waals surface area contributed by atoms with Gasteiger partial charge in [-0.1, -0.05) is 0 Å². The summed E-state index contributed by atoms with van der Waals surface area (Å²) in [5.41, 5.74) is 9.59. The zero-order chi connectivity index (χ0) is 12.5. The molecule has 4 bridgehead atoms. The Morgan fingerprint density at radius 2 is 1.53 bits per heavy atom. The summed E-state index contributed by atoms with van der Waals surface area (Å²) in [6.45, 7) is 4.19. The van der Waals surface area contributed by atoms with Crippen molar-refractivity contribution in [1.82, 2.24) is 9.78 Å². The van der Waals surface area contributed by atoms with Gasteiger partial charge in [-0.15, -0.1) is 12.4 Å². The van der Waals surface area contributed by atoms with E-state index in [1.807, 2.05) is 6.92 Å². The van der Waals surface area contributed by atoms with Crippen LogP contribution in [-0.4, -0.2) is 9.78 Å². The number of nitrogens with two attached hydrogens (primary N) is 1. The van der Waals surface area contributed by atoms with Crippen LogP contribution in [0.2, 0.25) is 0 Å². The van der Waals surface area contributed by atoms with Gasteiger partial charge in [0.2, 0.25) is 0 Å². The summed E-state index contributed by atoms with van der Waals surface area (Å²) in [5.74, 6) is 2.88. The van der Waals surface area contributed by atoms with Gasteiger partial charge in [0.1, 0.15) is 0 Å². The van der Waals surface area contributed by atoms with Crippen molar-refractivity contribution in [2.24, 2.45) is 17.8 Å². The van der Waals surface area contributed by atoms with Crippen molar-refractivity contribution in [1.29, 1.82) is 0 Å². The number of nitrogens with zero attached hydrogens (tertiary/aromatic N) is 2. The molecule has 4 aliphatic carbocycles. The van der Waals surface area contributed by atoms with Crippen LogP contribution in [-0.2, 0) is 5.54 Å². The molecule has 4 fully saturated rings. The number of nitrogen functional groups attached to an aromatic ring is 1. The van der Waals surface area contributed by atoms with E-state index in [-0.39, 0.29) is 12.4 Å². The molecular formula is C15H24ClN3. The SMILES string of the molecule is Cc1nn(C23CC4CC(CC(C4)C2)C3)c(C)c1N.Cl. The van der Waals surface area contributed by atoms with Crippen molar-refractivity contribution in [3.8, 4) is 0 Å². The number of hydrogen-bond acceptors (Lipinski definition) is 2. The standard InChI is InChI=1S/C15H23N3.ClH/c1-9-14(16)10(2)18(17-9)15-6-11-3-12(7-15)5-13(4-11)8-15;/h11-13H,3-8,16H2,1-2H3;1H. The lowest BCUT2D eigenvalue weighted by Crippen LogP contribution is -2.52. The van der Waals surface area contributed by atoms with Gasteiger partial charge in [-0.05, 0) is 70.1 Å². The van der Waals surface area contributed by atoms with Crippen LogP contribution in [0.4, 0.5) is 5.69 Å². The van der Waals surface area contributed by atoms with Gasteiger partial charge in [0.25, 0.3) is 0 Å². The molecule has 0 radical (unpaired) electrons. The largest absolute Gasteiger partial charge is 0.396 e. The van der Waals surface area contributed by atoms with E-state index in [9.17, 15) is 0 Å². The van der Waals surface area contributed by atoms with Gasteiger partial charge in [0.15, 0.2) is 0 Å². The van der Waals surface area contributed by atoms with Crippen LogP contribution in [0, 0.1) is 31.6 Å². The number of hydrogen-bond donors (Lipinski definition) is 1. The molecule has 0 amide bonds. The minimum absolute atomic E-state index is 0. The van der Waals surface area contributed by atoms with Gasteiger partial charge in [0.05, 0.1) is 22.6 Å². The van der Waals surface area contributed by atoms with Gasteiger partial charge in [-0.25, -0.2) is 0 Å². The lowest BCUT2D eigenvalue weighted by atomic mass is 9.53. The minimum Gasteiger partial charge on any atom is -0.396 e. The molecule has 0 aromatic carbocycles. The van der Waals surface area contributed by atoms with E-state index in [1.165, 1.54) is 44.2 Å². The average molecular weight is 282 g/mol. The first-order valence-corrected chi connectivity index (χ1v) is 7.39. The van der Waals surface area contributed by atoms with E-state index in [1.54, 1.807) is 0 Å². The first kappa shape index (κ1) is 13.3. The molecule has 1 heterocycles. The summed E-state index contributed by atoms with van der Waals surface area (Å²) in [6, 6.07) is 0. The lowest BCUT2D eigenvalue weighted by molar-refractivity contribution is -0.0504. The highest BCUT2D eigenvalue weighted by Crippen LogP contribution is 2.59. The highest BCUT2D eigenvalue weighted by atomic mass is 35.5. The molecule has 1 aromatic heterocycles. The Balaban J connectivity index is 0.00000110. The van der Waals surface area contributed by atoms with E-state index in [2.05, 4.69) is 11.6 Å². The molecule has 0 aliphatic heterocycles. The second-order valence-corrected chi connectivity index (χ2v) is 7.14. The van der Waals surface area contributed by atoms with Crippen molar-refractivity contribution in [3.05, 3.63) is 11.4 Å². The first-order valence-electron chi connectivity index (χ1n) is 7.39. The number of anilines is 1. The summed E-state index contributed by atoms with van der Waals surface area (Å²) >= 11 is 0. The summed E-state index contributed by atoms with van der Waals surface area (Å²) < 4.78 is 2.32. The van der Waals surface area contributed by atoms with E-state index in [0.717, 1.165) is 29.1 Å². The second-order valence-electron chi connectivity index (χ2n) is 7.14. The zero-order valence-electron chi connectivity index (χ0n) is 11.9. The molecular weight excluding hydrogens is 258 g/mol. The molecule has 4 saturated carbocycles. The molecule has 0 unspecified atom stereocenters. The van der Waals surface area contributed by atoms with Crippen LogP contribution in [0.15, 0.2) is 0 Å². The van der Waals surface area contributed by atoms with Gasteiger partial charge in [0, 0.05) is 0 Å². The van der Waals surface area contributed by atoms with E-state index in [0.29, 0.717) is 5.54 Å². The van der Waals surface area contributed by atoms with Crippen molar-refractivity contribution in [2.75, 3.05) is 5.73 Å². The Labute approximate surface area is 121 Å². The average Bonchev–Trinajstić information content (AvgIpc) is 2.56. The summed E-state index contributed by atoms with van der Waals surface area (Å²) in [6.07, 6.45) is 8.48. The molecule has 0 saturated heterocycles. The Morgan fingerprint density at radius 3 is 1.89 bits per heavy atom. The Bertz CT molecular complexity index is 470. The Morgan fingerprint density at radius 1 is 1.05 bits per heavy atom. The maximum absolute atomic E-state index is 6.14. The Hall–Kier alpha value is -0.700. The van der Waals surface area contributed by atoms with E-state index < -0.39 is 0 Å². The van der Waals surface area contributed by atoms with Crippen LogP contribution in [0.5, 0.6) is 0 Å². The molecule has 4 heteroatoms. The Kier molecular flexibility index (Phi) is 2.90. The smallest absolute Gasteiger partial charge is 0.0826 e. The second kappa shape index (κ2) is 4.15. The van der Waals surface area contributed by atoms with Crippen LogP contribution >= 0.6 is 12.4 Å². The number of aryl methyl sites for hydroxylation is 1. The van der Waals surface area contributed by atoms with E-state index in [4.69, 9.17) is 10.8 Å². The van der Waals surface area contributed by atoms with Crippen LogP contribution < -0.4 is 5.73 Å². The van der Waals surface area contributed by atoms with Crippen molar-refractivity contribution >= 4 is 18.1 Å². The quantitative estimate of drug-likeness (QED) is 0.857. The molecule has 2 N–H and O–H groups in total. The van der Waals surface area contributed by atoms with E-state index >= 15 is 0 Å². The monoisotopic (exact) mass is 281 g/mol. The number of rotatable bonds is 1. The van der Waals surface area contributed by atoms with Crippen LogP contribution in [0.25, 0.3) is 0 Å². The molecule has 4 aliphatic rings.